The number of hydrogen-bond donors (Lipinski definition) is 2. The summed E-state index contributed by atoms with van der Waals surface area (Å²) in [7, 11) is 4.02. The first-order chi connectivity index (χ1) is 6.85. The molecule has 3 unspecified atom stereocenters. The van der Waals surface area contributed by atoms with Crippen molar-refractivity contribution in [2.45, 2.75) is 52.2 Å². The summed E-state index contributed by atoms with van der Waals surface area (Å²) in [5.74, 6) is -1.15. The van der Waals surface area contributed by atoms with Crippen LogP contribution in [0.3, 0.4) is 0 Å². The molecule has 0 bridgehead atoms. The Hall–Kier alpha value is 0.570. The molecule has 0 aromatic carbocycles. The number of quaternary nitrogens is 1. The van der Waals surface area contributed by atoms with E-state index in [1.165, 1.54) is 4.90 Å². The van der Waals surface area contributed by atoms with E-state index in [0.29, 0.717) is 6.61 Å². The van der Waals surface area contributed by atoms with Crippen molar-refractivity contribution in [3.63, 3.8) is 0 Å². The van der Waals surface area contributed by atoms with Gasteiger partial charge in [0, 0.05) is 13.0 Å². The Labute approximate surface area is 116 Å². The Morgan fingerprint density at radius 3 is 2.12 bits per heavy atom. The van der Waals surface area contributed by atoms with Gasteiger partial charge in [-0.2, -0.15) is 0 Å². The van der Waals surface area contributed by atoms with Crippen molar-refractivity contribution in [2.24, 2.45) is 0 Å². The summed E-state index contributed by atoms with van der Waals surface area (Å²) in [6, 6.07) is 0.0420. The minimum absolute atomic E-state index is 0. The molecule has 3 atom stereocenters. The second-order valence-corrected chi connectivity index (χ2v) is 4.23. The molecule has 0 fully saturated rings. The number of halogens is 1. The summed E-state index contributed by atoms with van der Waals surface area (Å²) in [4.78, 5) is 1.17. The van der Waals surface area contributed by atoms with Crippen LogP contribution < -0.4 is 28.9 Å². The highest BCUT2D eigenvalue weighted by molar-refractivity contribution is 4.70. The van der Waals surface area contributed by atoms with Gasteiger partial charge in [-0.15, -0.1) is 0 Å². The van der Waals surface area contributed by atoms with Crippen LogP contribution in [-0.4, -0.2) is 43.9 Å². The Morgan fingerprint density at radius 2 is 1.81 bits per heavy atom. The topological polar surface area (TPSA) is 43.1 Å². The van der Waals surface area contributed by atoms with Gasteiger partial charge in [0.2, 0.25) is 5.79 Å². The molecule has 100 valence electrons. The van der Waals surface area contributed by atoms with Gasteiger partial charge >= 0.3 is 0 Å². The van der Waals surface area contributed by atoms with Crippen molar-refractivity contribution < 1.29 is 43.5 Å². The van der Waals surface area contributed by atoms with Crippen molar-refractivity contribution in [3.05, 3.63) is 0 Å². The van der Waals surface area contributed by atoms with Gasteiger partial charge in [0.1, 0.15) is 6.04 Å². The molecule has 2 N–H and O–H groups in total. The van der Waals surface area contributed by atoms with Gasteiger partial charge in [-0.05, 0) is 20.8 Å². The fourth-order valence-corrected chi connectivity index (χ4v) is 2.01. The van der Waals surface area contributed by atoms with Gasteiger partial charge in [-0.1, -0.05) is 6.92 Å². The SMILES string of the molecule is CCOC(C)OC(C)(O)C(CC)[NH+](C)C.[I-]. The lowest BCUT2D eigenvalue weighted by atomic mass is 10.1. The molecule has 0 rings (SSSR count). The van der Waals surface area contributed by atoms with E-state index in [-0.39, 0.29) is 36.3 Å². The molecule has 0 aromatic heterocycles. The zero-order chi connectivity index (χ0) is 12.1. The molecule has 0 spiro atoms. The number of likely N-dealkylation sites (N-methyl/N-ethyl adjacent to an activating group) is 1. The molecule has 0 heterocycles. The van der Waals surface area contributed by atoms with Gasteiger partial charge in [0.25, 0.3) is 0 Å². The lowest BCUT2D eigenvalue weighted by Crippen LogP contribution is -3.12. The highest BCUT2D eigenvalue weighted by Gasteiger charge is 2.38. The van der Waals surface area contributed by atoms with Crippen LogP contribution in [-0.2, 0) is 9.47 Å². The van der Waals surface area contributed by atoms with Crippen LogP contribution in [0.5, 0.6) is 0 Å². The lowest BCUT2D eigenvalue weighted by Gasteiger charge is -2.35. The second-order valence-electron chi connectivity index (χ2n) is 4.23. The van der Waals surface area contributed by atoms with E-state index in [1.807, 2.05) is 27.9 Å². The molecule has 0 amide bonds. The minimum Gasteiger partial charge on any atom is -1.00 e. The van der Waals surface area contributed by atoms with Crippen LogP contribution in [0, 0.1) is 0 Å². The Bertz CT molecular complexity index is 177. The number of ether oxygens (including phenoxy) is 2. The van der Waals surface area contributed by atoms with Crippen LogP contribution in [0.2, 0.25) is 0 Å². The average Bonchev–Trinajstić information content (AvgIpc) is 2.02. The predicted molar refractivity (Wildman–Crippen MR) is 59.7 cm³/mol. The normalized spacial score (nSPS) is 18.8. The summed E-state index contributed by atoms with van der Waals surface area (Å²) >= 11 is 0. The second kappa shape index (κ2) is 8.63. The first kappa shape index (κ1) is 18.9. The first-order valence-corrected chi connectivity index (χ1v) is 5.66. The molecule has 4 nitrogen and oxygen atoms in total. The summed E-state index contributed by atoms with van der Waals surface area (Å²) in [5, 5.41) is 10.2. The highest BCUT2D eigenvalue weighted by atomic mass is 127. The molecule has 5 heteroatoms. The maximum Gasteiger partial charge on any atom is 0.218 e. The number of hydrogen-bond acceptors (Lipinski definition) is 3. The number of rotatable bonds is 7. The van der Waals surface area contributed by atoms with Crippen LogP contribution in [0.1, 0.15) is 34.1 Å². The lowest BCUT2D eigenvalue weighted by molar-refractivity contribution is -0.899. The minimum atomic E-state index is -1.15. The van der Waals surface area contributed by atoms with Crippen LogP contribution >= 0.6 is 0 Å². The molecular weight excluding hydrogens is 321 g/mol. The van der Waals surface area contributed by atoms with Crippen LogP contribution in [0.15, 0.2) is 0 Å². The Morgan fingerprint density at radius 1 is 1.31 bits per heavy atom. The zero-order valence-corrected chi connectivity index (χ0v) is 13.4. The Kier molecular flexibility index (Phi) is 10.2. The Balaban J connectivity index is 0. The predicted octanol–water partition coefficient (Wildman–Crippen LogP) is -2.98. The quantitative estimate of drug-likeness (QED) is 0.382. The van der Waals surface area contributed by atoms with Gasteiger partial charge in [-0.25, -0.2) is 0 Å². The van der Waals surface area contributed by atoms with E-state index >= 15 is 0 Å². The molecule has 0 aromatic rings. The molecule has 0 saturated carbocycles. The third-order valence-electron chi connectivity index (χ3n) is 2.56. The molecular formula is C11H26INO3. The van der Waals surface area contributed by atoms with E-state index in [9.17, 15) is 5.11 Å². The largest absolute Gasteiger partial charge is 1.00 e. The molecule has 0 aliphatic heterocycles. The summed E-state index contributed by atoms with van der Waals surface area (Å²) in [5.41, 5.74) is 0. The van der Waals surface area contributed by atoms with Crippen LogP contribution in [0.25, 0.3) is 0 Å². The van der Waals surface area contributed by atoms with E-state index in [2.05, 4.69) is 0 Å². The van der Waals surface area contributed by atoms with Gasteiger partial charge < -0.3 is 43.5 Å². The van der Waals surface area contributed by atoms with Gasteiger partial charge in [0.05, 0.1) is 14.1 Å². The number of aliphatic hydroxyl groups is 1. The third-order valence-corrected chi connectivity index (χ3v) is 2.56. The maximum atomic E-state index is 10.2. The maximum absolute atomic E-state index is 10.2. The molecule has 0 aliphatic carbocycles. The number of nitrogens with one attached hydrogen (secondary N) is 1. The summed E-state index contributed by atoms with van der Waals surface area (Å²) < 4.78 is 10.8. The fourth-order valence-electron chi connectivity index (χ4n) is 2.01. The van der Waals surface area contributed by atoms with E-state index in [4.69, 9.17) is 9.47 Å². The fraction of sp³-hybridized carbons (Fsp3) is 1.00. The van der Waals surface area contributed by atoms with Crippen molar-refractivity contribution in [1.29, 1.82) is 0 Å². The first-order valence-electron chi connectivity index (χ1n) is 5.66. The third kappa shape index (κ3) is 6.34. The summed E-state index contributed by atoms with van der Waals surface area (Å²) in [6.45, 7) is 8.03. The molecule has 0 aliphatic rings. The molecule has 0 radical (unpaired) electrons. The summed E-state index contributed by atoms with van der Waals surface area (Å²) in [6.07, 6.45) is 0.479. The van der Waals surface area contributed by atoms with Gasteiger partial charge in [-0.3, -0.25) is 0 Å². The zero-order valence-electron chi connectivity index (χ0n) is 11.2. The van der Waals surface area contributed by atoms with E-state index in [1.54, 1.807) is 13.8 Å². The van der Waals surface area contributed by atoms with Gasteiger partial charge in [0.15, 0.2) is 6.29 Å². The van der Waals surface area contributed by atoms with E-state index in [0.717, 1.165) is 6.42 Å². The van der Waals surface area contributed by atoms with Crippen molar-refractivity contribution >= 4 is 0 Å². The van der Waals surface area contributed by atoms with Crippen molar-refractivity contribution in [1.82, 2.24) is 0 Å². The van der Waals surface area contributed by atoms with Crippen molar-refractivity contribution in [3.8, 4) is 0 Å². The van der Waals surface area contributed by atoms with Crippen LogP contribution in [0.4, 0.5) is 0 Å². The average molecular weight is 347 g/mol. The van der Waals surface area contributed by atoms with E-state index < -0.39 is 5.79 Å². The highest BCUT2D eigenvalue weighted by Crippen LogP contribution is 2.15. The monoisotopic (exact) mass is 347 g/mol. The smallest absolute Gasteiger partial charge is 0.218 e. The molecule has 16 heavy (non-hydrogen) atoms. The standard InChI is InChI=1S/C11H25NO3.HI/c1-7-10(12(5)6)11(4,13)15-9(3)14-8-2;/h9-10,13H,7-8H2,1-6H3;1H. The van der Waals surface area contributed by atoms with Crippen molar-refractivity contribution in [2.75, 3.05) is 20.7 Å². The molecule has 0 saturated heterocycles.